The van der Waals surface area contributed by atoms with E-state index in [1.54, 1.807) is 6.92 Å². The van der Waals surface area contributed by atoms with Crippen LogP contribution in [-0.2, 0) is 4.79 Å². The fourth-order valence-electron chi connectivity index (χ4n) is 0.826. The first-order chi connectivity index (χ1) is 5.57. The number of carbonyl (C=O) groups excluding carboxylic acids is 1. The number of carbonyl (C=O) groups is 1. The molecule has 0 saturated heterocycles. The van der Waals surface area contributed by atoms with E-state index < -0.39 is 0 Å². The average molecular weight is 189 g/mol. The number of ketones is 1. The van der Waals surface area contributed by atoms with Gasteiger partial charge in [-0.25, -0.2) is 0 Å². The molecular formula is C9H19NOS. The fourth-order valence-corrected chi connectivity index (χ4v) is 2.07. The normalized spacial score (nSPS) is 13.4. The third-order valence-electron chi connectivity index (χ3n) is 1.57. The molecule has 0 saturated carbocycles. The Kier molecular flexibility index (Phi) is 6.48. The molecule has 0 aromatic heterocycles. The summed E-state index contributed by atoms with van der Waals surface area (Å²) in [7, 11) is 1.84. The van der Waals surface area contributed by atoms with Crippen molar-refractivity contribution in [1.82, 2.24) is 5.32 Å². The van der Waals surface area contributed by atoms with Gasteiger partial charge in [0.2, 0.25) is 0 Å². The predicted molar refractivity (Wildman–Crippen MR) is 55.7 cm³/mol. The molecule has 0 aromatic rings. The molecule has 1 N–H and O–H groups in total. The molecule has 0 heterocycles. The third kappa shape index (κ3) is 5.61. The highest BCUT2D eigenvalue weighted by atomic mass is 32.2. The maximum atomic E-state index is 11.0. The molecule has 1 atom stereocenters. The summed E-state index contributed by atoms with van der Waals surface area (Å²) in [6.45, 7) is 6.02. The molecule has 0 bridgehead atoms. The standard InChI is InChI=1S/C9H19NOS/c1-7(2)5-12-6-9(10-4)8(3)11/h7,9-10H,5-6H2,1-4H3. The van der Waals surface area contributed by atoms with Gasteiger partial charge >= 0.3 is 0 Å². The molecule has 0 radical (unpaired) electrons. The van der Waals surface area contributed by atoms with Crippen LogP contribution in [0.1, 0.15) is 20.8 Å². The van der Waals surface area contributed by atoms with Crippen molar-refractivity contribution < 1.29 is 4.79 Å². The second-order valence-corrected chi connectivity index (χ2v) is 4.46. The summed E-state index contributed by atoms with van der Waals surface area (Å²) < 4.78 is 0. The van der Waals surface area contributed by atoms with Crippen LogP contribution in [0.2, 0.25) is 0 Å². The molecule has 0 aromatic carbocycles. The van der Waals surface area contributed by atoms with E-state index in [1.807, 2.05) is 18.8 Å². The number of Topliss-reactive ketones (excluding diaryl/α,β-unsaturated/α-hetero) is 1. The van der Waals surface area contributed by atoms with E-state index in [2.05, 4.69) is 19.2 Å². The summed E-state index contributed by atoms with van der Waals surface area (Å²) in [5, 5.41) is 3.00. The maximum Gasteiger partial charge on any atom is 0.147 e. The van der Waals surface area contributed by atoms with Crippen molar-refractivity contribution >= 4 is 17.5 Å². The molecule has 0 spiro atoms. The topological polar surface area (TPSA) is 29.1 Å². The monoisotopic (exact) mass is 189 g/mol. The lowest BCUT2D eigenvalue weighted by Gasteiger charge is -2.12. The molecule has 2 nitrogen and oxygen atoms in total. The van der Waals surface area contributed by atoms with Crippen LogP contribution >= 0.6 is 11.8 Å². The highest BCUT2D eigenvalue weighted by Gasteiger charge is 2.10. The number of rotatable bonds is 6. The second-order valence-electron chi connectivity index (χ2n) is 3.38. The van der Waals surface area contributed by atoms with E-state index in [9.17, 15) is 4.79 Å². The molecule has 3 heteroatoms. The Bertz CT molecular complexity index is 136. The molecular weight excluding hydrogens is 170 g/mol. The first-order valence-corrected chi connectivity index (χ1v) is 5.48. The van der Waals surface area contributed by atoms with Crippen LogP contribution in [0.15, 0.2) is 0 Å². The zero-order valence-electron chi connectivity index (χ0n) is 8.39. The van der Waals surface area contributed by atoms with E-state index in [1.165, 1.54) is 0 Å². The minimum atomic E-state index is 0.0359. The van der Waals surface area contributed by atoms with Gasteiger partial charge in [0.1, 0.15) is 5.78 Å². The zero-order chi connectivity index (χ0) is 9.56. The number of nitrogens with one attached hydrogen (secondary N) is 1. The minimum Gasteiger partial charge on any atom is -0.310 e. The minimum absolute atomic E-state index is 0.0359. The van der Waals surface area contributed by atoms with E-state index in [4.69, 9.17) is 0 Å². The van der Waals surface area contributed by atoms with Crippen LogP contribution in [0.25, 0.3) is 0 Å². The predicted octanol–water partition coefficient (Wildman–Crippen LogP) is 1.55. The Morgan fingerprint density at radius 3 is 2.33 bits per heavy atom. The van der Waals surface area contributed by atoms with E-state index in [0.29, 0.717) is 5.92 Å². The SMILES string of the molecule is CNC(CSCC(C)C)C(C)=O. The molecule has 0 aliphatic heterocycles. The van der Waals surface area contributed by atoms with Gasteiger partial charge in [0.25, 0.3) is 0 Å². The molecule has 0 aliphatic carbocycles. The summed E-state index contributed by atoms with van der Waals surface area (Å²) in [6.07, 6.45) is 0. The number of likely N-dealkylation sites (N-methyl/N-ethyl adjacent to an activating group) is 1. The molecule has 12 heavy (non-hydrogen) atoms. The summed E-state index contributed by atoms with van der Waals surface area (Å²) in [4.78, 5) is 11.0. The van der Waals surface area contributed by atoms with Crippen LogP contribution in [0, 0.1) is 5.92 Å². The van der Waals surface area contributed by atoms with Gasteiger partial charge in [-0.1, -0.05) is 13.8 Å². The van der Waals surface area contributed by atoms with Crippen molar-refractivity contribution in [3.05, 3.63) is 0 Å². The molecule has 0 rings (SSSR count). The molecule has 0 fully saturated rings. The average Bonchev–Trinajstić information content (AvgIpc) is 1.96. The summed E-state index contributed by atoms with van der Waals surface area (Å²) in [6, 6.07) is 0.0359. The van der Waals surface area contributed by atoms with Crippen molar-refractivity contribution in [3.8, 4) is 0 Å². The van der Waals surface area contributed by atoms with Crippen LogP contribution in [0.4, 0.5) is 0 Å². The Hall–Kier alpha value is -0.0200. The van der Waals surface area contributed by atoms with Crippen molar-refractivity contribution in [3.63, 3.8) is 0 Å². The van der Waals surface area contributed by atoms with Crippen LogP contribution < -0.4 is 5.32 Å². The Morgan fingerprint density at radius 2 is 2.00 bits per heavy atom. The van der Waals surface area contributed by atoms with Gasteiger partial charge in [-0.2, -0.15) is 11.8 Å². The lowest BCUT2D eigenvalue weighted by molar-refractivity contribution is -0.118. The van der Waals surface area contributed by atoms with E-state index >= 15 is 0 Å². The first-order valence-electron chi connectivity index (χ1n) is 4.33. The zero-order valence-corrected chi connectivity index (χ0v) is 9.20. The Morgan fingerprint density at radius 1 is 1.42 bits per heavy atom. The maximum absolute atomic E-state index is 11.0. The third-order valence-corrected chi connectivity index (χ3v) is 3.05. The van der Waals surface area contributed by atoms with Crippen molar-refractivity contribution in [2.24, 2.45) is 5.92 Å². The van der Waals surface area contributed by atoms with Crippen LogP contribution in [0.3, 0.4) is 0 Å². The largest absolute Gasteiger partial charge is 0.310 e. The van der Waals surface area contributed by atoms with Gasteiger partial charge in [0, 0.05) is 5.75 Å². The van der Waals surface area contributed by atoms with Gasteiger partial charge in [-0.05, 0) is 25.6 Å². The lowest BCUT2D eigenvalue weighted by Crippen LogP contribution is -2.34. The Labute approximate surface area is 79.5 Å². The van der Waals surface area contributed by atoms with Crippen LogP contribution in [-0.4, -0.2) is 30.4 Å². The molecule has 0 aliphatic rings. The lowest BCUT2D eigenvalue weighted by atomic mass is 10.2. The highest BCUT2D eigenvalue weighted by Crippen LogP contribution is 2.09. The van der Waals surface area contributed by atoms with E-state index in [-0.39, 0.29) is 11.8 Å². The van der Waals surface area contributed by atoms with Gasteiger partial charge in [-0.3, -0.25) is 4.79 Å². The van der Waals surface area contributed by atoms with Gasteiger partial charge in [-0.15, -0.1) is 0 Å². The Balaban J connectivity index is 3.52. The van der Waals surface area contributed by atoms with Crippen molar-refractivity contribution in [2.45, 2.75) is 26.8 Å². The van der Waals surface area contributed by atoms with Gasteiger partial charge < -0.3 is 5.32 Å². The molecule has 1 unspecified atom stereocenters. The fraction of sp³-hybridized carbons (Fsp3) is 0.889. The molecule has 72 valence electrons. The summed E-state index contributed by atoms with van der Waals surface area (Å²) >= 11 is 1.84. The number of thioether (sulfide) groups is 1. The quantitative estimate of drug-likeness (QED) is 0.687. The summed E-state index contributed by atoms with van der Waals surface area (Å²) in [5.74, 6) is 2.96. The number of hydrogen-bond acceptors (Lipinski definition) is 3. The molecule has 0 amide bonds. The van der Waals surface area contributed by atoms with Crippen molar-refractivity contribution in [1.29, 1.82) is 0 Å². The first kappa shape index (κ1) is 12.0. The van der Waals surface area contributed by atoms with Gasteiger partial charge in [0.15, 0.2) is 0 Å². The van der Waals surface area contributed by atoms with Crippen molar-refractivity contribution in [2.75, 3.05) is 18.6 Å². The smallest absolute Gasteiger partial charge is 0.147 e. The van der Waals surface area contributed by atoms with E-state index in [0.717, 1.165) is 11.5 Å². The highest BCUT2D eigenvalue weighted by molar-refractivity contribution is 7.99. The van der Waals surface area contributed by atoms with Crippen LogP contribution in [0.5, 0.6) is 0 Å². The van der Waals surface area contributed by atoms with Gasteiger partial charge in [0.05, 0.1) is 6.04 Å². The number of hydrogen-bond donors (Lipinski definition) is 1. The summed E-state index contributed by atoms with van der Waals surface area (Å²) in [5.41, 5.74) is 0. The second kappa shape index (κ2) is 6.49.